The number of carbonyl (C=O) groups excluding carboxylic acids is 3. The first kappa shape index (κ1) is 25.2. The van der Waals surface area contributed by atoms with Gasteiger partial charge in [0.2, 0.25) is 11.8 Å². The zero-order chi connectivity index (χ0) is 25.2. The Hall–Kier alpha value is -3.93. The third kappa shape index (κ3) is 6.81. The lowest BCUT2D eigenvalue weighted by atomic mass is 9.91. The molecule has 1 saturated heterocycles. The van der Waals surface area contributed by atoms with E-state index < -0.39 is 0 Å². The molecule has 2 N–H and O–H groups in total. The summed E-state index contributed by atoms with van der Waals surface area (Å²) in [5.41, 5.74) is 3.51. The zero-order valence-electron chi connectivity index (χ0n) is 20.5. The molecule has 0 aromatic heterocycles. The van der Waals surface area contributed by atoms with E-state index in [2.05, 4.69) is 22.8 Å². The summed E-state index contributed by atoms with van der Waals surface area (Å²) in [6.07, 6.45) is 2.46. The Morgan fingerprint density at radius 3 is 2.19 bits per heavy atom. The largest absolute Gasteiger partial charge is 0.356 e. The van der Waals surface area contributed by atoms with Gasteiger partial charge in [0, 0.05) is 31.6 Å². The molecule has 0 spiro atoms. The molecule has 6 heteroatoms. The smallest absolute Gasteiger partial charge is 0.254 e. The number of amides is 3. The van der Waals surface area contributed by atoms with E-state index in [-0.39, 0.29) is 30.2 Å². The van der Waals surface area contributed by atoms with Gasteiger partial charge in [0.25, 0.3) is 5.91 Å². The summed E-state index contributed by atoms with van der Waals surface area (Å²) in [6.45, 7) is 1.30. The van der Waals surface area contributed by atoms with Crippen LogP contribution in [-0.4, -0.2) is 48.8 Å². The van der Waals surface area contributed by atoms with Crippen molar-refractivity contribution in [3.05, 3.63) is 96.1 Å². The molecular formula is C30H33N3O3. The van der Waals surface area contributed by atoms with E-state index in [1.54, 1.807) is 11.0 Å². The monoisotopic (exact) mass is 483 g/mol. The molecule has 0 radical (unpaired) electrons. The highest BCUT2D eigenvalue weighted by Gasteiger charge is 2.22. The van der Waals surface area contributed by atoms with Gasteiger partial charge in [0.05, 0.1) is 6.54 Å². The molecular weight excluding hydrogens is 450 g/mol. The zero-order valence-corrected chi connectivity index (χ0v) is 20.5. The van der Waals surface area contributed by atoms with Crippen LogP contribution in [0.1, 0.15) is 47.5 Å². The second-order valence-corrected chi connectivity index (χ2v) is 9.13. The molecule has 0 bridgehead atoms. The molecule has 1 heterocycles. The number of nitrogens with zero attached hydrogens (tertiary/aromatic N) is 1. The van der Waals surface area contributed by atoms with Gasteiger partial charge in [-0.05, 0) is 47.9 Å². The fourth-order valence-corrected chi connectivity index (χ4v) is 4.67. The van der Waals surface area contributed by atoms with Crippen LogP contribution in [-0.2, 0) is 9.59 Å². The van der Waals surface area contributed by atoms with Crippen molar-refractivity contribution in [1.29, 1.82) is 0 Å². The lowest BCUT2D eigenvalue weighted by Gasteiger charge is -2.25. The number of benzene rings is 3. The van der Waals surface area contributed by atoms with E-state index in [0.717, 1.165) is 24.0 Å². The van der Waals surface area contributed by atoms with Crippen molar-refractivity contribution in [2.75, 3.05) is 26.2 Å². The minimum Gasteiger partial charge on any atom is -0.356 e. The summed E-state index contributed by atoms with van der Waals surface area (Å²) in [4.78, 5) is 40.6. The SMILES string of the molecule is O=C1CCC(c2ccccc2)CCNC(=O)CN(C(=O)c2ccccc2-c2ccccc2)CCCN1. The Morgan fingerprint density at radius 1 is 0.750 bits per heavy atom. The fraction of sp³-hybridized carbons (Fsp3) is 0.300. The first-order chi connectivity index (χ1) is 17.6. The number of rotatable bonds is 3. The van der Waals surface area contributed by atoms with Crippen molar-refractivity contribution in [3.8, 4) is 11.1 Å². The number of nitrogens with one attached hydrogen (secondary N) is 2. The fourth-order valence-electron chi connectivity index (χ4n) is 4.67. The average molecular weight is 484 g/mol. The lowest BCUT2D eigenvalue weighted by molar-refractivity contribution is -0.123. The van der Waals surface area contributed by atoms with Gasteiger partial charge in [-0.3, -0.25) is 14.4 Å². The van der Waals surface area contributed by atoms with E-state index in [1.165, 1.54) is 5.56 Å². The van der Waals surface area contributed by atoms with Crippen molar-refractivity contribution in [3.63, 3.8) is 0 Å². The van der Waals surface area contributed by atoms with Crippen LogP contribution in [0.4, 0.5) is 0 Å². The van der Waals surface area contributed by atoms with E-state index >= 15 is 0 Å². The van der Waals surface area contributed by atoms with Gasteiger partial charge in [0.1, 0.15) is 0 Å². The first-order valence-electron chi connectivity index (χ1n) is 12.6. The van der Waals surface area contributed by atoms with Gasteiger partial charge in [-0.15, -0.1) is 0 Å². The topological polar surface area (TPSA) is 78.5 Å². The van der Waals surface area contributed by atoms with E-state index in [0.29, 0.717) is 38.0 Å². The maximum Gasteiger partial charge on any atom is 0.254 e. The van der Waals surface area contributed by atoms with Crippen LogP contribution in [0.15, 0.2) is 84.9 Å². The molecule has 3 aromatic rings. The molecule has 1 unspecified atom stereocenters. The Labute approximate surface area is 212 Å². The third-order valence-corrected chi connectivity index (χ3v) is 6.60. The molecule has 1 aliphatic rings. The second-order valence-electron chi connectivity index (χ2n) is 9.13. The molecule has 0 aliphatic carbocycles. The highest BCUT2D eigenvalue weighted by atomic mass is 16.2. The van der Waals surface area contributed by atoms with Crippen LogP contribution in [0.5, 0.6) is 0 Å². The van der Waals surface area contributed by atoms with Crippen molar-refractivity contribution in [2.24, 2.45) is 0 Å². The Morgan fingerprint density at radius 2 is 1.42 bits per heavy atom. The number of hydrogen-bond acceptors (Lipinski definition) is 3. The van der Waals surface area contributed by atoms with Gasteiger partial charge < -0.3 is 15.5 Å². The summed E-state index contributed by atoms with van der Waals surface area (Å²) in [7, 11) is 0. The van der Waals surface area contributed by atoms with Gasteiger partial charge in [-0.25, -0.2) is 0 Å². The maximum absolute atomic E-state index is 13.6. The summed E-state index contributed by atoms with van der Waals surface area (Å²) < 4.78 is 0. The predicted octanol–water partition coefficient (Wildman–Crippen LogP) is 4.39. The molecule has 1 aliphatic heterocycles. The molecule has 3 aromatic carbocycles. The lowest BCUT2D eigenvalue weighted by Crippen LogP contribution is -2.42. The molecule has 186 valence electrons. The second kappa shape index (κ2) is 12.7. The predicted molar refractivity (Wildman–Crippen MR) is 141 cm³/mol. The van der Waals surface area contributed by atoms with Crippen LogP contribution in [0.2, 0.25) is 0 Å². The first-order valence-corrected chi connectivity index (χ1v) is 12.6. The molecule has 1 fully saturated rings. The van der Waals surface area contributed by atoms with E-state index in [9.17, 15) is 14.4 Å². The number of hydrogen-bond donors (Lipinski definition) is 2. The maximum atomic E-state index is 13.6. The van der Waals surface area contributed by atoms with Crippen molar-refractivity contribution in [2.45, 2.75) is 31.6 Å². The molecule has 36 heavy (non-hydrogen) atoms. The average Bonchev–Trinajstić information content (AvgIpc) is 2.92. The summed E-state index contributed by atoms with van der Waals surface area (Å²) in [5, 5.41) is 5.98. The molecule has 0 saturated carbocycles. The summed E-state index contributed by atoms with van der Waals surface area (Å²) in [5.74, 6) is -0.168. The van der Waals surface area contributed by atoms with Crippen LogP contribution >= 0.6 is 0 Å². The Bertz CT molecular complexity index is 1160. The van der Waals surface area contributed by atoms with E-state index in [4.69, 9.17) is 0 Å². The van der Waals surface area contributed by atoms with Crippen LogP contribution < -0.4 is 10.6 Å². The van der Waals surface area contributed by atoms with Crippen molar-refractivity contribution >= 4 is 17.7 Å². The summed E-state index contributed by atoms with van der Waals surface area (Å²) >= 11 is 0. The highest BCUT2D eigenvalue weighted by Crippen LogP contribution is 2.26. The molecule has 6 nitrogen and oxygen atoms in total. The van der Waals surface area contributed by atoms with E-state index in [1.807, 2.05) is 66.7 Å². The van der Waals surface area contributed by atoms with Crippen LogP contribution in [0.3, 0.4) is 0 Å². The Kier molecular flexibility index (Phi) is 8.87. The standard InChI is InChI=1S/C30H33N3O3/c34-28-17-16-24(23-10-3-1-4-11-23)18-20-32-29(35)22-33(21-9-19-31-28)30(36)27-15-8-7-14-26(27)25-12-5-2-6-13-25/h1-8,10-15,24H,9,16-22H2,(H,31,34)(H,32,35). The minimum atomic E-state index is -0.190. The quantitative estimate of drug-likeness (QED) is 0.580. The van der Waals surface area contributed by atoms with Gasteiger partial charge in [0.15, 0.2) is 0 Å². The molecule has 4 rings (SSSR count). The molecule has 3 amide bonds. The highest BCUT2D eigenvalue weighted by molar-refractivity contribution is 6.02. The summed E-state index contributed by atoms with van der Waals surface area (Å²) in [6, 6.07) is 27.4. The number of carbonyl (C=O) groups is 3. The van der Waals surface area contributed by atoms with Gasteiger partial charge in [-0.1, -0.05) is 78.9 Å². The van der Waals surface area contributed by atoms with Crippen molar-refractivity contribution < 1.29 is 14.4 Å². The van der Waals surface area contributed by atoms with Gasteiger partial charge >= 0.3 is 0 Å². The third-order valence-electron chi connectivity index (χ3n) is 6.60. The Balaban J connectivity index is 1.50. The van der Waals surface area contributed by atoms with Crippen molar-refractivity contribution in [1.82, 2.24) is 15.5 Å². The normalized spacial score (nSPS) is 18.0. The van der Waals surface area contributed by atoms with Crippen LogP contribution in [0, 0.1) is 0 Å². The molecule has 1 atom stereocenters. The van der Waals surface area contributed by atoms with Crippen LogP contribution in [0.25, 0.3) is 11.1 Å². The van der Waals surface area contributed by atoms with Gasteiger partial charge in [-0.2, -0.15) is 0 Å². The minimum absolute atomic E-state index is 0.0179.